The van der Waals surface area contributed by atoms with E-state index in [9.17, 15) is 19.5 Å². The maximum absolute atomic E-state index is 14.6. The Balaban J connectivity index is 1.29. The molecule has 0 radical (unpaired) electrons. The second-order valence-corrected chi connectivity index (χ2v) is 11.8. The number of anilines is 2. The summed E-state index contributed by atoms with van der Waals surface area (Å²) in [5, 5.41) is 11.4. The van der Waals surface area contributed by atoms with Crippen LogP contribution in [0, 0.1) is 11.8 Å². The Bertz CT molecular complexity index is 1620. The van der Waals surface area contributed by atoms with Gasteiger partial charge in [0, 0.05) is 37.6 Å². The molecule has 4 heterocycles. The van der Waals surface area contributed by atoms with Gasteiger partial charge in [-0.3, -0.25) is 14.4 Å². The van der Waals surface area contributed by atoms with Crippen molar-refractivity contribution in [2.45, 2.75) is 37.0 Å². The highest BCUT2D eigenvalue weighted by Gasteiger charge is 2.71. The van der Waals surface area contributed by atoms with Crippen molar-refractivity contribution in [3.63, 3.8) is 0 Å². The first-order valence-electron chi connectivity index (χ1n) is 15.1. The van der Waals surface area contributed by atoms with Gasteiger partial charge in [0.1, 0.15) is 11.6 Å². The van der Waals surface area contributed by atoms with Gasteiger partial charge in [-0.2, -0.15) is 0 Å². The predicted octanol–water partition coefficient (Wildman–Crippen LogP) is 4.09. The predicted molar refractivity (Wildman–Crippen MR) is 164 cm³/mol. The first-order chi connectivity index (χ1) is 21.0. The number of aliphatic hydroxyl groups excluding tert-OH is 1. The molecule has 8 nitrogen and oxygen atoms in total. The first kappa shape index (κ1) is 27.6. The highest BCUT2D eigenvalue weighted by molar-refractivity contribution is 6.08. The van der Waals surface area contributed by atoms with Gasteiger partial charge in [-0.05, 0) is 54.3 Å². The van der Waals surface area contributed by atoms with Crippen LogP contribution in [-0.4, -0.2) is 71.7 Å². The number of carbonyl (C=O) groups is 3. The van der Waals surface area contributed by atoms with Crippen LogP contribution in [0.4, 0.5) is 11.4 Å². The number of hydrogen-bond donors (Lipinski definition) is 1. The van der Waals surface area contributed by atoms with Crippen LogP contribution in [0.5, 0.6) is 0 Å². The smallest absolute Gasteiger partial charge is 0.253 e. The van der Waals surface area contributed by atoms with Gasteiger partial charge in [-0.1, -0.05) is 72.8 Å². The van der Waals surface area contributed by atoms with Crippen molar-refractivity contribution in [1.29, 1.82) is 0 Å². The fraction of sp³-hybridized carbons (Fsp3) is 0.343. The molecule has 1 unspecified atom stereocenters. The molecule has 0 bridgehead atoms. The standard InChI is InChI=1S/C35H35N3O5/c39-22-8-2-7-19-38-31-34(42)37(27-17-16-24-11-5-6-12-25(24)23-27)21-10-18-35(31)30(33(38)41)29-28(43-35)15-9-20-36(32(29)40)26-13-3-1-4-14-26/h1,3-6,9-18,23,28-31,39H,2,7-8,19-22H2/t28-,29+,30-,31?,35-/m0/s1. The third-order valence-corrected chi connectivity index (χ3v) is 9.33. The lowest BCUT2D eigenvalue weighted by Crippen LogP contribution is -2.55. The molecular weight excluding hydrogens is 542 g/mol. The summed E-state index contributed by atoms with van der Waals surface area (Å²) in [6, 6.07) is 22.5. The summed E-state index contributed by atoms with van der Waals surface area (Å²) in [6.07, 6.45) is 8.96. The minimum Gasteiger partial charge on any atom is -0.396 e. The van der Waals surface area contributed by atoms with Gasteiger partial charge in [-0.15, -0.1) is 0 Å². The molecule has 1 spiro atoms. The Kier molecular flexibility index (Phi) is 7.11. The minimum absolute atomic E-state index is 0.0738. The van der Waals surface area contributed by atoms with E-state index in [0.29, 0.717) is 32.5 Å². The Morgan fingerprint density at radius 3 is 2.33 bits per heavy atom. The fourth-order valence-electron chi connectivity index (χ4n) is 7.36. The van der Waals surface area contributed by atoms with Crippen LogP contribution in [-0.2, 0) is 19.1 Å². The number of carbonyl (C=O) groups excluding carboxylic acids is 3. The fourth-order valence-corrected chi connectivity index (χ4v) is 7.36. The zero-order chi connectivity index (χ0) is 29.6. The van der Waals surface area contributed by atoms with Crippen molar-refractivity contribution in [1.82, 2.24) is 4.90 Å². The summed E-state index contributed by atoms with van der Waals surface area (Å²) in [5.74, 6) is -2.21. The molecular formula is C35H35N3O5. The maximum atomic E-state index is 14.6. The molecule has 4 aliphatic rings. The van der Waals surface area contributed by atoms with Gasteiger partial charge >= 0.3 is 0 Å². The number of rotatable bonds is 7. The van der Waals surface area contributed by atoms with E-state index < -0.39 is 29.6 Å². The number of hydrogen-bond acceptors (Lipinski definition) is 5. The van der Waals surface area contributed by atoms with Gasteiger partial charge in [0.15, 0.2) is 0 Å². The molecule has 1 N–H and O–H groups in total. The molecule has 0 aromatic heterocycles. The molecule has 220 valence electrons. The molecule has 3 aromatic carbocycles. The number of amides is 3. The van der Waals surface area contributed by atoms with Crippen LogP contribution in [0.3, 0.4) is 0 Å². The average Bonchev–Trinajstić information content (AvgIpc) is 3.34. The van der Waals surface area contributed by atoms with Gasteiger partial charge < -0.3 is 24.5 Å². The molecule has 7 rings (SSSR count). The third-order valence-electron chi connectivity index (χ3n) is 9.33. The highest BCUT2D eigenvalue weighted by Crippen LogP contribution is 2.54. The van der Waals surface area contributed by atoms with Gasteiger partial charge in [0.2, 0.25) is 11.8 Å². The van der Waals surface area contributed by atoms with Crippen molar-refractivity contribution in [2.24, 2.45) is 11.8 Å². The third kappa shape index (κ3) is 4.48. The summed E-state index contributed by atoms with van der Waals surface area (Å²) < 4.78 is 6.78. The zero-order valence-electron chi connectivity index (χ0n) is 23.9. The molecule has 2 saturated heterocycles. The number of likely N-dealkylation sites (tertiary alicyclic amines) is 1. The Morgan fingerprint density at radius 2 is 1.51 bits per heavy atom. The van der Waals surface area contributed by atoms with E-state index in [0.717, 1.165) is 28.6 Å². The quantitative estimate of drug-likeness (QED) is 0.338. The molecule has 2 fully saturated rings. The number of aliphatic hydroxyl groups is 1. The van der Waals surface area contributed by atoms with E-state index in [1.807, 2.05) is 97.1 Å². The maximum Gasteiger partial charge on any atom is 0.253 e. The largest absolute Gasteiger partial charge is 0.396 e. The molecule has 5 atom stereocenters. The Morgan fingerprint density at radius 1 is 0.767 bits per heavy atom. The lowest BCUT2D eigenvalue weighted by Gasteiger charge is -2.35. The van der Waals surface area contributed by atoms with Crippen LogP contribution in [0.15, 0.2) is 97.1 Å². The van der Waals surface area contributed by atoms with Gasteiger partial charge in [0.05, 0.1) is 17.9 Å². The van der Waals surface area contributed by atoms with Crippen molar-refractivity contribution in [3.05, 3.63) is 97.1 Å². The highest BCUT2D eigenvalue weighted by atomic mass is 16.5. The second-order valence-electron chi connectivity index (χ2n) is 11.8. The zero-order valence-corrected chi connectivity index (χ0v) is 23.9. The average molecular weight is 578 g/mol. The summed E-state index contributed by atoms with van der Waals surface area (Å²) in [6.45, 7) is 1.13. The van der Waals surface area contributed by atoms with Crippen LogP contribution < -0.4 is 9.80 Å². The summed E-state index contributed by atoms with van der Waals surface area (Å²) in [4.78, 5) is 48.4. The van der Waals surface area contributed by atoms with Crippen LogP contribution in [0.1, 0.15) is 19.3 Å². The van der Waals surface area contributed by atoms with Gasteiger partial charge in [0.25, 0.3) is 5.91 Å². The Labute approximate surface area is 250 Å². The van der Waals surface area contributed by atoms with Crippen molar-refractivity contribution < 1.29 is 24.2 Å². The van der Waals surface area contributed by atoms with Crippen LogP contribution in [0.2, 0.25) is 0 Å². The summed E-state index contributed by atoms with van der Waals surface area (Å²) in [7, 11) is 0. The molecule has 3 amide bonds. The van der Waals surface area contributed by atoms with Crippen molar-refractivity contribution in [2.75, 3.05) is 36.0 Å². The summed E-state index contributed by atoms with van der Waals surface area (Å²) in [5.41, 5.74) is 0.239. The van der Waals surface area contributed by atoms with E-state index in [-0.39, 0.29) is 24.3 Å². The molecule has 3 aromatic rings. The number of ether oxygens (including phenoxy) is 1. The molecule has 4 aliphatic heterocycles. The van der Waals surface area contributed by atoms with E-state index in [2.05, 4.69) is 0 Å². The lowest BCUT2D eigenvalue weighted by molar-refractivity contribution is -0.140. The number of unbranched alkanes of at least 4 members (excludes halogenated alkanes) is 2. The number of benzene rings is 3. The molecule has 0 saturated carbocycles. The first-order valence-corrected chi connectivity index (χ1v) is 15.1. The topological polar surface area (TPSA) is 90.4 Å². The van der Waals surface area contributed by atoms with Gasteiger partial charge in [-0.25, -0.2) is 0 Å². The second kappa shape index (κ2) is 11.1. The lowest BCUT2D eigenvalue weighted by atomic mass is 9.77. The molecule has 8 heteroatoms. The van der Waals surface area contributed by atoms with E-state index in [4.69, 9.17) is 4.74 Å². The number of nitrogens with zero attached hydrogens (tertiary/aromatic N) is 3. The van der Waals surface area contributed by atoms with E-state index in [1.54, 1.807) is 14.7 Å². The van der Waals surface area contributed by atoms with Crippen LogP contribution in [0.25, 0.3) is 10.8 Å². The number of para-hydroxylation sites is 1. The van der Waals surface area contributed by atoms with E-state index >= 15 is 0 Å². The SMILES string of the molecule is O=C1C2N(CCCCCO)C(=O)[C@@H]3[C@@H]4C(=O)N(c5ccccc5)CC=C[C@@H]4O[C@]23C=CCN1c1ccc2ccccc2c1. The summed E-state index contributed by atoms with van der Waals surface area (Å²) >= 11 is 0. The van der Waals surface area contributed by atoms with Crippen LogP contribution >= 0.6 is 0 Å². The normalized spacial score (nSPS) is 28.2. The molecule has 0 aliphatic carbocycles. The molecule has 43 heavy (non-hydrogen) atoms. The van der Waals surface area contributed by atoms with Crippen molar-refractivity contribution in [3.8, 4) is 0 Å². The number of fused-ring (bicyclic) bond motifs is 3. The Hall–Kier alpha value is -4.27. The monoisotopic (exact) mass is 577 g/mol. The van der Waals surface area contributed by atoms with Crippen molar-refractivity contribution >= 4 is 39.9 Å². The minimum atomic E-state index is -1.27. The van der Waals surface area contributed by atoms with E-state index in [1.165, 1.54) is 0 Å².